The molecule has 0 aliphatic carbocycles. The standard InChI is InChI=1S/C14H17N3O2/c1-9-3-2-4-11-12(9)16-14(19)17(13(11)18)10-5-7-15-8-6-10/h2-4,10,15H,5-8H2,1H3,(H,16,19). The molecule has 19 heavy (non-hydrogen) atoms. The lowest BCUT2D eigenvalue weighted by molar-refractivity contribution is 0.352. The third kappa shape index (κ3) is 2.00. The van der Waals surface area contributed by atoms with Crippen molar-refractivity contribution in [3.05, 3.63) is 44.6 Å². The average molecular weight is 259 g/mol. The quantitative estimate of drug-likeness (QED) is 0.800. The number of aromatic amines is 1. The van der Waals surface area contributed by atoms with Gasteiger partial charge in [0.05, 0.1) is 10.9 Å². The van der Waals surface area contributed by atoms with Crippen molar-refractivity contribution in [2.75, 3.05) is 13.1 Å². The summed E-state index contributed by atoms with van der Waals surface area (Å²) in [6.45, 7) is 3.59. The number of rotatable bonds is 1. The number of aromatic nitrogens is 2. The number of hydrogen-bond acceptors (Lipinski definition) is 3. The smallest absolute Gasteiger partial charge is 0.317 e. The largest absolute Gasteiger partial charge is 0.329 e. The van der Waals surface area contributed by atoms with Gasteiger partial charge in [0.25, 0.3) is 5.56 Å². The minimum Gasteiger partial charge on any atom is -0.317 e. The Morgan fingerprint density at radius 1 is 1.21 bits per heavy atom. The molecule has 2 aromatic rings. The number of nitrogens with zero attached hydrogens (tertiary/aromatic N) is 1. The number of H-pyrrole nitrogens is 1. The Labute approximate surface area is 110 Å². The van der Waals surface area contributed by atoms with E-state index < -0.39 is 0 Å². The molecule has 2 N–H and O–H groups in total. The summed E-state index contributed by atoms with van der Waals surface area (Å²) < 4.78 is 1.39. The molecule has 1 aliphatic heterocycles. The summed E-state index contributed by atoms with van der Waals surface area (Å²) in [7, 11) is 0. The molecule has 1 saturated heterocycles. The molecule has 0 spiro atoms. The predicted octanol–water partition coefficient (Wildman–Crippen LogP) is 0.923. The van der Waals surface area contributed by atoms with Crippen LogP contribution in [0.2, 0.25) is 0 Å². The molecule has 5 heteroatoms. The molecule has 2 heterocycles. The minimum absolute atomic E-state index is 0.00223. The summed E-state index contributed by atoms with van der Waals surface area (Å²) >= 11 is 0. The summed E-state index contributed by atoms with van der Waals surface area (Å²) in [5.74, 6) is 0. The molecule has 0 atom stereocenters. The van der Waals surface area contributed by atoms with Gasteiger partial charge in [0.2, 0.25) is 0 Å². The molecule has 1 fully saturated rings. The number of piperidine rings is 1. The Kier molecular flexibility index (Phi) is 2.98. The van der Waals surface area contributed by atoms with Crippen molar-refractivity contribution >= 4 is 10.9 Å². The predicted molar refractivity (Wildman–Crippen MR) is 74.7 cm³/mol. The Bertz CT molecular complexity index is 724. The SMILES string of the molecule is Cc1cccc2c(=O)n(C3CCNCC3)c(=O)[nH]c12. The van der Waals surface area contributed by atoms with Crippen LogP contribution in [0.3, 0.4) is 0 Å². The zero-order valence-electron chi connectivity index (χ0n) is 10.9. The molecular weight excluding hydrogens is 242 g/mol. The number of fused-ring (bicyclic) bond motifs is 1. The van der Waals surface area contributed by atoms with Crippen molar-refractivity contribution in [1.29, 1.82) is 0 Å². The van der Waals surface area contributed by atoms with Gasteiger partial charge >= 0.3 is 5.69 Å². The van der Waals surface area contributed by atoms with E-state index in [0.717, 1.165) is 31.5 Å². The van der Waals surface area contributed by atoms with Crippen molar-refractivity contribution in [2.24, 2.45) is 0 Å². The number of hydrogen-bond donors (Lipinski definition) is 2. The molecule has 5 nitrogen and oxygen atoms in total. The van der Waals surface area contributed by atoms with Crippen molar-refractivity contribution < 1.29 is 0 Å². The van der Waals surface area contributed by atoms with Gasteiger partial charge in [-0.3, -0.25) is 9.36 Å². The van der Waals surface area contributed by atoms with Crippen LogP contribution in [0.4, 0.5) is 0 Å². The Hall–Kier alpha value is -1.88. The number of aryl methyl sites for hydroxylation is 1. The second-order valence-corrected chi connectivity index (χ2v) is 5.08. The van der Waals surface area contributed by atoms with Gasteiger partial charge in [0.15, 0.2) is 0 Å². The lowest BCUT2D eigenvalue weighted by atomic mass is 10.1. The maximum absolute atomic E-state index is 12.5. The van der Waals surface area contributed by atoms with Crippen LogP contribution in [0.25, 0.3) is 10.9 Å². The van der Waals surface area contributed by atoms with E-state index >= 15 is 0 Å². The maximum atomic E-state index is 12.5. The van der Waals surface area contributed by atoms with Crippen molar-refractivity contribution in [3.63, 3.8) is 0 Å². The van der Waals surface area contributed by atoms with Crippen molar-refractivity contribution in [2.45, 2.75) is 25.8 Å². The number of benzene rings is 1. The first-order valence-corrected chi connectivity index (χ1v) is 6.63. The molecule has 100 valence electrons. The highest BCUT2D eigenvalue weighted by Crippen LogP contribution is 2.16. The monoisotopic (exact) mass is 259 g/mol. The summed E-state index contributed by atoms with van der Waals surface area (Å²) in [6, 6.07) is 5.52. The van der Waals surface area contributed by atoms with Crippen LogP contribution in [-0.4, -0.2) is 22.6 Å². The summed E-state index contributed by atoms with van der Waals surface area (Å²) in [6.07, 6.45) is 1.64. The highest BCUT2D eigenvalue weighted by Gasteiger charge is 2.19. The second-order valence-electron chi connectivity index (χ2n) is 5.08. The summed E-state index contributed by atoms with van der Waals surface area (Å²) in [5, 5.41) is 3.84. The van der Waals surface area contributed by atoms with Crippen LogP contribution in [0, 0.1) is 6.92 Å². The number of para-hydroxylation sites is 1. The Morgan fingerprint density at radius 3 is 2.68 bits per heavy atom. The zero-order chi connectivity index (χ0) is 13.4. The fraction of sp³-hybridized carbons (Fsp3) is 0.429. The van der Waals surface area contributed by atoms with E-state index in [9.17, 15) is 9.59 Å². The first kappa shape index (κ1) is 12.2. The van der Waals surface area contributed by atoms with E-state index in [-0.39, 0.29) is 17.3 Å². The van der Waals surface area contributed by atoms with Gasteiger partial charge in [-0.05, 0) is 44.5 Å². The van der Waals surface area contributed by atoms with Gasteiger partial charge in [-0.1, -0.05) is 12.1 Å². The van der Waals surface area contributed by atoms with E-state index in [2.05, 4.69) is 10.3 Å². The van der Waals surface area contributed by atoms with Gasteiger partial charge in [-0.25, -0.2) is 4.79 Å². The first-order valence-electron chi connectivity index (χ1n) is 6.63. The molecule has 0 radical (unpaired) electrons. The van der Waals surface area contributed by atoms with Crippen LogP contribution >= 0.6 is 0 Å². The highest BCUT2D eigenvalue weighted by atomic mass is 16.2. The van der Waals surface area contributed by atoms with Gasteiger partial charge in [0, 0.05) is 6.04 Å². The average Bonchev–Trinajstić information content (AvgIpc) is 2.41. The Balaban J connectivity index is 2.26. The number of nitrogens with one attached hydrogen (secondary N) is 2. The highest BCUT2D eigenvalue weighted by molar-refractivity contribution is 5.80. The van der Waals surface area contributed by atoms with Crippen LogP contribution in [-0.2, 0) is 0 Å². The molecule has 3 rings (SSSR count). The van der Waals surface area contributed by atoms with Crippen LogP contribution in [0.5, 0.6) is 0 Å². The molecule has 0 saturated carbocycles. The van der Waals surface area contributed by atoms with E-state index in [1.54, 1.807) is 6.07 Å². The van der Waals surface area contributed by atoms with E-state index in [4.69, 9.17) is 0 Å². The third-order valence-corrected chi connectivity index (χ3v) is 3.85. The summed E-state index contributed by atoms with van der Waals surface area (Å²) in [4.78, 5) is 27.6. The molecule has 1 aromatic carbocycles. The molecule has 0 unspecified atom stereocenters. The first-order chi connectivity index (χ1) is 9.18. The Morgan fingerprint density at radius 2 is 1.95 bits per heavy atom. The molecule has 1 aliphatic rings. The summed E-state index contributed by atoms with van der Waals surface area (Å²) in [5.41, 5.74) is 1.11. The lowest BCUT2D eigenvalue weighted by Crippen LogP contribution is -2.42. The molecule has 0 bridgehead atoms. The topological polar surface area (TPSA) is 66.9 Å². The normalized spacial score (nSPS) is 16.9. The maximum Gasteiger partial charge on any atom is 0.329 e. The molecule has 0 amide bonds. The fourth-order valence-corrected chi connectivity index (χ4v) is 2.80. The van der Waals surface area contributed by atoms with Crippen molar-refractivity contribution in [3.8, 4) is 0 Å². The second kappa shape index (κ2) is 4.66. The van der Waals surface area contributed by atoms with Crippen LogP contribution in [0.1, 0.15) is 24.4 Å². The fourth-order valence-electron chi connectivity index (χ4n) is 2.80. The van der Waals surface area contributed by atoms with E-state index in [0.29, 0.717) is 10.9 Å². The van der Waals surface area contributed by atoms with Gasteiger partial charge in [0.1, 0.15) is 0 Å². The van der Waals surface area contributed by atoms with E-state index in [1.165, 1.54) is 4.57 Å². The molecular formula is C14H17N3O2. The lowest BCUT2D eigenvalue weighted by Gasteiger charge is -2.24. The van der Waals surface area contributed by atoms with Crippen molar-refractivity contribution in [1.82, 2.24) is 14.9 Å². The molecule has 1 aromatic heterocycles. The minimum atomic E-state index is -0.293. The van der Waals surface area contributed by atoms with Gasteiger partial charge in [-0.2, -0.15) is 0 Å². The van der Waals surface area contributed by atoms with Crippen LogP contribution in [0.15, 0.2) is 27.8 Å². The van der Waals surface area contributed by atoms with E-state index in [1.807, 2.05) is 19.1 Å². The third-order valence-electron chi connectivity index (χ3n) is 3.85. The van der Waals surface area contributed by atoms with Crippen LogP contribution < -0.4 is 16.6 Å². The van der Waals surface area contributed by atoms with Gasteiger partial charge < -0.3 is 10.3 Å². The van der Waals surface area contributed by atoms with Gasteiger partial charge in [-0.15, -0.1) is 0 Å². The zero-order valence-corrected chi connectivity index (χ0v) is 10.9.